The molecular formula is C18H21ClN4O3. The highest BCUT2D eigenvalue weighted by atomic mass is 35.5. The van der Waals surface area contributed by atoms with Gasteiger partial charge in [-0.2, -0.15) is 0 Å². The summed E-state index contributed by atoms with van der Waals surface area (Å²) in [5.41, 5.74) is 1.04. The fourth-order valence-corrected chi connectivity index (χ4v) is 3.16. The predicted molar refractivity (Wildman–Crippen MR) is 99.6 cm³/mol. The number of benzene rings is 1. The zero-order valence-electron chi connectivity index (χ0n) is 14.7. The quantitative estimate of drug-likeness (QED) is 0.801. The molecule has 138 valence electrons. The third-order valence-corrected chi connectivity index (χ3v) is 4.62. The molecule has 0 unspecified atom stereocenters. The highest BCUT2D eigenvalue weighted by Gasteiger charge is 2.18. The lowest BCUT2D eigenvalue weighted by Crippen LogP contribution is -2.32. The Labute approximate surface area is 157 Å². The number of nitrogens with one attached hydrogen (secondary N) is 2. The molecular weight excluding hydrogens is 356 g/mol. The van der Waals surface area contributed by atoms with E-state index in [2.05, 4.69) is 20.6 Å². The number of hydrogen-bond donors (Lipinski definition) is 2. The number of aromatic nitrogens is 2. The molecule has 3 rings (SSSR count). The smallest absolute Gasteiger partial charge is 0.254 e. The summed E-state index contributed by atoms with van der Waals surface area (Å²) in [6.45, 7) is 0. The SMILES string of the molecule is COc1cc(Nc2ncc(C(=O)NC3CCCC3)cn2)c(OC)cc1Cl. The molecule has 1 aliphatic rings. The van der Waals surface area contributed by atoms with Crippen LogP contribution < -0.4 is 20.1 Å². The van der Waals surface area contributed by atoms with Gasteiger partial charge >= 0.3 is 0 Å². The van der Waals surface area contributed by atoms with Gasteiger partial charge < -0.3 is 20.1 Å². The highest BCUT2D eigenvalue weighted by Crippen LogP contribution is 2.36. The standard InChI is InChI=1S/C18H21ClN4O3/c1-25-15-8-14(16(26-2)7-13(15)19)23-18-20-9-11(10-21-18)17(24)22-12-5-3-4-6-12/h7-10,12H,3-6H2,1-2H3,(H,22,24)(H,20,21,23). The third kappa shape index (κ3) is 4.16. The van der Waals surface area contributed by atoms with Crippen molar-refractivity contribution in [3.05, 3.63) is 35.1 Å². The van der Waals surface area contributed by atoms with E-state index in [1.165, 1.54) is 19.5 Å². The van der Waals surface area contributed by atoms with Crippen molar-refractivity contribution in [3.63, 3.8) is 0 Å². The van der Waals surface area contributed by atoms with Crippen LogP contribution in [-0.2, 0) is 0 Å². The molecule has 2 N–H and O–H groups in total. The molecule has 26 heavy (non-hydrogen) atoms. The first kappa shape index (κ1) is 18.3. The lowest BCUT2D eigenvalue weighted by Gasteiger charge is -2.13. The molecule has 0 aliphatic heterocycles. The van der Waals surface area contributed by atoms with Crippen molar-refractivity contribution in [2.24, 2.45) is 0 Å². The zero-order valence-corrected chi connectivity index (χ0v) is 15.5. The van der Waals surface area contributed by atoms with E-state index in [-0.39, 0.29) is 11.9 Å². The van der Waals surface area contributed by atoms with Crippen molar-refractivity contribution in [1.82, 2.24) is 15.3 Å². The van der Waals surface area contributed by atoms with Gasteiger partial charge in [0.15, 0.2) is 0 Å². The second kappa shape index (κ2) is 8.23. The van der Waals surface area contributed by atoms with E-state index in [0.29, 0.717) is 33.7 Å². The van der Waals surface area contributed by atoms with Crippen LogP contribution in [0, 0.1) is 0 Å². The molecule has 1 saturated carbocycles. The molecule has 1 heterocycles. The maximum atomic E-state index is 12.2. The van der Waals surface area contributed by atoms with Gasteiger partial charge in [-0.3, -0.25) is 4.79 Å². The van der Waals surface area contributed by atoms with Crippen molar-refractivity contribution in [2.45, 2.75) is 31.7 Å². The van der Waals surface area contributed by atoms with Gasteiger partial charge in [-0.1, -0.05) is 24.4 Å². The Morgan fingerprint density at radius 2 is 1.77 bits per heavy atom. The van der Waals surface area contributed by atoms with E-state index >= 15 is 0 Å². The van der Waals surface area contributed by atoms with Crippen LogP contribution in [0.25, 0.3) is 0 Å². The Bertz CT molecular complexity index is 777. The predicted octanol–water partition coefficient (Wildman–Crippen LogP) is 3.56. The number of carbonyl (C=O) groups excluding carboxylic acids is 1. The normalized spacial score (nSPS) is 14.1. The molecule has 0 spiro atoms. The Morgan fingerprint density at radius 3 is 2.38 bits per heavy atom. The average Bonchev–Trinajstić information content (AvgIpc) is 3.16. The number of halogens is 1. The van der Waals surface area contributed by atoms with E-state index in [4.69, 9.17) is 21.1 Å². The monoisotopic (exact) mass is 376 g/mol. The number of hydrogen-bond acceptors (Lipinski definition) is 6. The molecule has 0 bridgehead atoms. The van der Waals surface area contributed by atoms with E-state index in [9.17, 15) is 4.79 Å². The number of methoxy groups -OCH3 is 2. The Kier molecular flexibility index (Phi) is 5.78. The lowest BCUT2D eigenvalue weighted by atomic mass is 10.2. The van der Waals surface area contributed by atoms with Crippen LogP contribution in [0.1, 0.15) is 36.0 Å². The van der Waals surface area contributed by atoms with E-state index in [1.807, 2.05) is 0 Å². The molecule has 1 amide bonds. The first-order valence-corrected chi connectivity index (χ1v) is 8.80. The highest BCUT2D eigenvalue weighted by molar-refractivity contribution is 6.32. The number of amides is 1. The fourth-order valence-electron chi connectivity index (χ4n) is 2.93. The van der Waals surface area contributed by atoms with Gasteiger partial charge in [-0.25, -0.2) is 9.97 Å². The largest absolute Gasteiger partial charge is 0.495 e. The van der Waals surface area contributed by atoms with Crippen LogP contribution in [0.3, 0.4) is 0 Å². The molecule has 1 aromatic heterocycles. The summed E-state index contributed by atoms with van der Waals surface area (Å²) in [6, 6.07) is 3.60. The minimum Gasteiger partial charge on any atom is -0.495 e. The lowest BCUT2D eigenvalue weighted by molar-refractivity contribution is 0.0937. The maximum absolute atomic E-state index is 12.2. The number of ether oxygens (including phenoxy) is 2. The Morgan fingerprint density at radius 1 is 1.12 bits per heavy atom. The molecule has 0 radical (unpaired) electrons. The minimum atomic E-state index is -0.144. The van der Waals surface area contributed by atoms with Gasteiger partial charge in [0.25, 0.3) is 5.91 Å². The minimum absolute atomic E-state index is 0.144. The summed E-state index contributed by atoms with van der Waals surface area (Å²) in [4.78, 5) is 20.7. The fraction of sp³-hybridized carbons (Fsp3) is 0.389. The Hall–Kier alpha value is -2.54. The number of anilines is 2. The van der Waals surface area contributed by atoms with Crippen LogP contribution in [0.5, 0.6) is 11.5 Å². The first-order valence-electron chi connectivity index (χ1n) is 8.42. The molecule has 0 atom stereocenters. The van der Waals surface area contributed by atoms with Gasteiger partial charge in [0.1, 0.15) is 11.5 Å². The number of carbonyl (C=O) groups is 1. The molecule has 2 aromatic rings. The summed E-state index contributed by atoms with van der Waals surface area (Å²) in [7, 11) is 3.08. The molecule has 0 saturated heterocycles. The number of nitrogens with zero attached hydrogens (tertiary/aromatic N) is 2. The maximum Gasteiger partial charge on any atom is 0.254 e. The van der Waals surface area contributed by atoms with Crippen LogP contribution >= 0.6 is 11.6 Å². The van der Waals surface area contributed by atoms with E-state index in [1.54, 1.807) is 19.2 Å². The Balaban J connectivity index is 1.72. The van der Waals surface area contributed by atoms with Crippen LogP contribution in [0.4, 0.5) is 11.6 Å². The van der Waals surface area contributed by atoms with Crippen molar-refractivity contribution < 1.29 is 14.3 Å². The van der Waals surface area contributed by atoms with E-state index < -0.39 is 0 Å². The van der Waals surface area contributed by atoms with Gasteiger partial charge in [-0.15, -0.1) is 0 Å². The number of rotatable bonds is 6. The van der Waals surface area contributed by atoms with Gasteiger partial charge in [-0.05, 0) is 12.8 Å². The first-order chi connectivity index (χ1) is 12.6. The van der Waals surface area contributed by atoms with Gasteiger partial charge in [0, 0.05) is 30.6 Å². The topological polar surface area (TPSA) is 85.4 Å². The summed E-state index contributed by atoms with van der Waals surface area (Å²) >= 11 is 6.10. The average molecular weight is 377 g/mol. The van der Waals surface area contributed by atoms with Crippen LogP contribution in [0.2, 0.25) is 5.02 Å². The second-order valence-corrected chi connectivity index (χ2v) is 6.47. The summed E-state index contributed by atoms with van der Waals surface area (Å²) in [6.07, 6.45) is 7.39. The second-order valence-electron chi connectivity index (χ2n) is 6.06. The molecule has 7 nitrogen and oxygen atoms in total. The van der Waals surface area contributed by atoms with Gasteiger partial charge in [0.05, 0.1) is 30.5 Å². The summed E-state index contributed by atoms with van der Waals surface area (Å²) < 4.78 is 10.5. The molecule has 1 aromatic carbocycles. The third-order valence-electron chi connectivity index (χ3n) is 4.32. The summed E-state index contributed by atoms with van der Waals surface area (Å²) in [5.74, 6) is 1.23. The van der Waals surface area contributed by atoms with Crippen LogP contribution in [0.15, 0.2) is 24.5 Å². The van der Waals surface area contributed by atoms with Crippen molar-refractivity contribution in [1.29, 1.82) is 0 Å². The molecule has 1 aliphatic carbocycles. The molecule has 1 fully saturated rings. The van der Waals surface area contributed by atoms with Crippen molar-refractivity contribution >= 4 is 29.1 Å². The van der Waals surface area contributed by atoms with Gasteiger partial charge in [0.2, 0.25) is 5.95 Å². The van der Waals surface area contributed by atoms with Crippen molar-refractivity contribution in [3.8, 4) is 11.5 Å². The summed E-state index contributed by atoms with van der Waals surface area (Å²) in [5, 5.41) is 6.50. The van der Waals surface area contributed by atoms with Crippen molar-refractivity contribution in [2.75, 3.05) is 19.5 Å². The van der Waals surface area contributed by atoms with Crippen LogP contribution in [-0.4, -0.2) is 36.1 Å². The molecule has 8 heteroatoms. The zero-order chi connectivity index (χ0) is 18.5. The van der Waals surface area contributed by atoms with E-state index in [0.717, 1.165) is 25.7 Å².